The van der Waals surface area contributed by atoms with Gasteiger partial charge in [-0.05, 0) is 0 Å². The van der Waals surface area contributed by atoms with E-state index < -0.39 is 6.09 Å². The average Bonchev–Trinajstić information content (AvgIpc) is 2.34. The summed E-state index contributed by atoms with van der Waals surface area (Å²) in [7, 11) is 0. The zero-order valence-corrected chi connectivity index (χ0v) is 6.39. The molecule has 0 fully saturated rings. The first-order chi connectivity index (χ1) is 5.22. The van der Waals surface area contributed by atoms with Crippen molar-refractivity contribution in [1.82, 2.24) is 4.98 Å². The van der Waals surface area contributed by atoms with E-state index in [4.69, 9.17) is 10.8 Å². The van der Waals surface area contributed by atoms with E-state index in [2.05, 4.69) is 10.3 Å². The molecule has 1 amide bonds. The molecule has 1 rings (SSSR count). The average molecular weight is 173 g/mol. The molecule has 0 atom stereocenters. The van der Waals surface area contributed by atoms with Crippen LogP contribution in [0, 0.1) is 0 Å². The monoisotopic (exact) mass is 173 g/mol. The van der Waals surface area contributed by atoms with Crippen molar-refractivity contribution in [3.63, 3.8) is 0 Å². The number of rotatable bonds is 2. The maximum absolute atomic E-state index is 10.1. The predicted molar refractivity (Wildman–Crippen MR) is 41.7 cm³/mol. The second kappa shape index (κ2) is 3.31. The fourth-order valence-electron chi connectivity index (χ4n) is 0.572. The van der Waals surface area contributed by atoms with Gasteiger partial charge in [-0.3, -0.25) is 5.32 Å². The van der Waals surface area contributed by atoms with E-state index in [1.807, 2.05) is 0 Å². The minimum absolute atomic E-state index is 0.336. The van der Waals surface area contributed by atoms with Crippen LogP contribution in [0.5, 0.6) is 0 Å². The van der Waals surface area contributed by atoms with Crippen LogP contribution in [0.15, 0.2) is 5.38 Å². The second-order valence-electron chi connectivity index (χ2n) is 1.76. The van der Waals surface area contributed by atoms with Crippen molar-refractivity contribution in [2.24, 2.45) is 5.73 Å². The summed E-state index contributed by atoms with van der Waals surface area (Å²) in [6.45, 7) is 0.339. The van der Waals surface area contributed by atoms with Crippen LogP contribution in [0.3, 0.4) is 0 Å². The highest BCUT2D eigenvalue weighted by Gasteiger charge is 2.01. The van der Waals surface area contributed by atoms with Crippen LogP contribution < -0.4 is 11.1 Å². The number of hydrogen-bond donors (Lipinski definition) is 3. The molecule has 0 aliphatic heterocycles. The first-order valence-electron chi connectivity index (χ1n) is 2.87. The quantitative estimate of drug-likeness (QED) is 0.614. The van der Waals surface area contributed by atoms with E-state index in [-0.39, 0.29) is 0 Å². The molecule has 60 valence electrons. The summed E-state index contributed by atoms with van der Waals surface area (Å²) >= 11 is 1.33. The van der Waals surface area contributed by atoms with Crippen molar-refractivity contribution in [2.45, 2.75) is 6.54 Å². The van der Waals surface area contributed by atoms with E-state index in [9.17, 15) is 4.79 Å². The largest absolute Gasteiger partial charge is 0.465 e. The molecule has 5 nitrogen and oxygen atoms in total. The number of nitrogens with one attached hydrogen (secondary N) is 1. The molecule has 0 spiro atoms. The van der Waals surface area contributed by atoms with Gasteiger partial charge in [0.05, 0.1) is 0 Å². The zero-order valence-electron chi connectivity index (χ0n) is 5.57. The third-order valence-corrected chi connectivity index (χ3v) is 1.83. The van der Waals surface area contributed by atoms with Crippen LogP contribution in [-0.2, 0) is 6.54 Å². The smallest absolute Gasteiger partial charge is 0.410 e. The number of anilines is 1. The Bertz CT molecular complexity index is 260. The highest BCUT2D eigenvalue weighted by atomic mass is 32.1. The number of carboxylic acid groups (broad SMARTS) is 1. The summed E-state index contributed by atoms with van der Waals surface area (Å²) in [5.41, 5.74) is 5.27. The Morgan fingerprint density at radius 3 is 3.09 bits per heavy atom. The summed E-state index contributed by atoms with van der Waals surface area (Å²) in [6.07, 6.45) is -1.11. The molecular formula is C5H7N3O2S. The van der Waals surface area contributed by atoms with Gasteiger partial charge in [0.15, 0.2) is 0 Å². The molecule has 0 aliphatic carbocycles. The molecule has 11 heavy (non-hydrogen) atoms. The number of nitrogens with two attached hydrogens (primary N) is 1. The molecular weight excluding hydrogens is 166 g/mol. The van der Waals surface area contributed by atoms with Gasteiger partial charge in [0.1, 0.15) is 10.8 Å². The molecule has 0 saturated carbocycles. The molecule has 4 N–H and O–H groups in total. The van der Waals surface area contributed by atoms with Gasteiger partial charge in [-0.25, -0.2) is 9.78 Å². The minimum atomic E-state index is -1.11. The van der Waals surface area contributed by atoms with Crippen molar-refractivity contribution in [2.75, 3.05) is 5.32 Å². The van der Waals surface area contributed by atoms with Crippen LogP contribution in [0.1, 0.15) is 5.01 Å². The van der Waals surface area contributed by atoms with Gasteiger partial charge >= 0.3 is 6.09 Å². The molecule has 6 heteroatoms. The standard InChI is InChI=1S/C5H7N3O2S/c6-1-4-7-3(2-11-4)8-5(9)10/h2,8H,1,6H2,(H,9,10). The maximum atomic E-state index is 10.1. The lowest BCUT2D eigenvalue weighted by molar-refractivity contribution is 0.209. The Morgan fingerprint density at radius 1 is 1.91 bits per heavy atom. The number of aromatic nitrogens is 1. The Morgan fingerprint density at radius 2 is 2.64 bits per heavy atom. The number of nitrogens with zero attached hydrogens (tertiary/aromatic N) is 1. The Hall–Kier alpha value is -1.14. The van der Waals surface area contributed by atoms with Gasteiger partial charge in [0, 0.05) is 11.9 Å². The highest BCUT2D eigenvalue weighted by molar-refractivity contribution is 7.10. The van der Waals surface area contributed by atoms with E-state index in [1.165, 1.54) is 11.3 Å². The van der Waals surface area contributed by atoms with Gasteiger partial charge in [0.25, 0.3) is 0 Å². The van der Waals surface area contributed by atoms with Crippen molar-refractivity contribution >= 4 is 23.2 Å². The first kappa shape index (κ1) is 7.96. The van der Waals surface area contributed by atoms with E-state index in [1.54, 1.807) is 5.38 Å². The fraction of sp³-hybridized carbons (Fsp3) is 0.200. The van der Waals surface area contributed by atoms with Crippen LogP contribution >= 0.6 is 11.3 Å². The number of hydrogen-bond acceptors (Lipinski definition) is 4. The van der Waals surface area contributed by atoms with Crippen LogP contribution in [0.25, 0.3) is 0 Å². The molecule has 0 aliphatic rings. The van der Waals surface area contributed by atoms with E-state index >= 15 is 0 Å². The van der Waals surface area contributed by atoms with Gasteiger partial charge in [0.2, 0.25) is 0 Å². The number of amides is 1. The molecule has 0 saturated heterocycles. The third-order valence-electron chi connectivity index (χ3n) is 0.961. The third kappa shape index (κ3) is 2.17. The summed E-state index contributed by atoms with van der Waals surface area (Å²) in [6, 6.07) is 0. The van der Waals surface area contributed by atoms with Crippen molar-refractivity contribution in [1.29, 1.82) is 0 Å². The van der Waals surface area contributed by atoms with Crippen LogP contribution in [0.4, 0.5) is 10.6 Å². The normalized spacial score (nSPS) is 9.55. The summed E-state index contributed by atoms with van der Waals surface area (Å²) < 4.78 is 0. The SMILES string of the molecule is NCc1nc(NC(=O)O)cs1. The summed E-state index contributed by atoms with van der Waals surface area (Å²) in [5.74, 6) is 0.336. The molecule has 0 radical (unpaired) electrons. The highest BCUT2D eigenvalue weighted by Crippen LogP contribution is 2.12. The Balaban J connectivity index is 2.65. The Labute approximate surface area is 66.9 Å². The van der Waals surface area contributed by atoms with Gasteiger partial charge in [-0.1, -0.05) is 0 Å². The maximum Gasteiger partial charge on any atom is 0.410 e. The van der Waals surface area contributed by atoms with Crippen LogP contribution in [0.2, 0.25) is 0 Å². The fourth-order valence-corrected chi connectivity index (χ4v) is 1.18. The number of carbonyl (C=O) groups is 1. The van der Waals surface area contributed by atoms with Crippen molar-refractivity contribution < 1.29 is 9.90 Å². The Kier molecular flexibility index (Phi) is 2.40. The molecule has 0 bridgehead atoms. The zero-order chi connectivity index (χ0) is 8.27. The molecule has 1 heterocycles. The van der Waals surface area contributed by atoms with Gasteiger partial charge in [-0.15, -0.1) is 11.3 Å². The number of thiazole rings is 1. The van der Waals surface area contributed by atoms with Crippen LogP contribution in [-0.4, -0.2) is 16.2 Å². The van der Waals surface area contributed by atoms with Gasteiger partial charge in [-0.2, -0.15) is 0 Å². The first-order valence-corrected chi connectivity index (χ1v) is 3.74. The van der Waals surface area contributed by atoms with Crippen molar-refractivity contribution in [3.05, 3.63) is 10.4 Å². The lowest BCUT2D eigenvalue weighted by Gasteiger charge is -1.91. The second-order valence-corrected chi connectivity index (χ2v) is 2.70. The lowest BCUT2D eigenvalue weighted by Crippen LogP contribution is -2.07. The van der Waals surface area contributed by atoms with Crippen molar-refractivity contribution in [3.8, 4) is 0 Å². The van der Waals surface area contributed by atoms with Gasteiger partial charge < -0.3 is 10.8 Å². The lowest BCUT2D eigenvalue weighted by atomic mass is 10.7. The molecule has 1 aromatic rings. The molecule has 1 aromatic heterocycles. The summed E-state index contributed by atoms with van der Waals surface area (Å²) in [4.78, 5) is 14.0. The molecule has 0 aromatic carbocycles. The predicted octanol–water partition coefficient (Wildman–Crippen LogP) is 0.692. The van der Waals surface area contributed by atoms with E-state index in [0.717, 1.165) is 0 Å². The minimum Gasteiger partial charge on any atom is -0.465 e. The van der Waals surface area contributed by atoms with E-state index in [0.29, 0.717) is 17.4 Å². The molecule has 0 unspecified atom stereocenters. The topological polar surface area (TPSA) is 88.2 Å². The summed E-state index contributed by atoms with van der Waals surface area (Å²) in [5, 5.41) is 12.7.